The van der Waals surface area contributed by atoms with Gasteiger partial charge in [0.25, 0.3) is 0 Å². The predicted molar refractivity (Wildman–Crippen MR) is 83.3 cm³/mol. The Bertz CT molecular complexity index is 411. The molecular weight excluding hydrogens is 283 g/mol. The predicted octanol–water partition coefficient (Wildman–Crippen LogP) is 5.56. The second-order valence-electron chi connectivity index (χ2n) is 6.11. The van der Waals surface area contributed by atoms with Crippen molar-refractivity contribution in [2.24, 2.45) is 0 Å². The average Bonchev–Trinajstić information content (AvgIpc) is 2.21. The van der Waals surface area contributed by atoms with Crippen LogP contribution < -0.4 is 0 Å². The molecular formula is C14H22Cl2OSi. The molecule has 18 heavy (non-hydrogen) atoms. The second kappa shape index (κ2) is 5.95. The van der Waals surface area contributed by atoms with Crippen LogP contribution in [0.4, 0.5) is 0 Å². The molecule has 0 fully saturated rings. The van der Waals surface area contributed by atoms with Gasteiger partial charge in [0.05, 0.1) is 10.0 Å². The van der Waals surface area contributed by atoms with E-state index < -0.39 is 8.32 Å². The van der Waals surface area contributed by atoms with Gasteiger partial charge in [-0.05, 0) is 42.2 Å². The molecule has 1 aromatic carbocycles. The highest BCUT2D eigenvalue weighted by Crippen LogP contribution is 2.36. The smallest absolute Gasteiger partial charge is 0.191 e. The molecule has 0 amide bonds. The van der Waals surface area contributed by atoms with Gasteiger partial charge in [0, 0.05) is 6.61 Å². The summed E-state index contributed by atoms with van der Waals surface area (Å²) in [5.74, 6) is 0. The molecule has 1 rings (SSSR count). The van der Waals surface area contributed by atoms with Crippen molar-refractivity contribution < 1.29 is 4.43 Å². The Morgan fingerprint density at radius 2 is 1.72 bits per heavy atom. The van der Waals surface area contributed by atoms with Crippen LogP contribution in [0.15, 0.2) is 18.2 Å². The zero-order valence-corrected chi connectivity index (χ0v) is 14.3. The lowest BCUT2D eigenvalue weighted by Gasteiger charge is -2.36. The summed E-state index contributed by atoms with van der Waals surface area (Å²) in [5.41, 5.74) is 1.17. The van der Waals surface area contributed by atoms with Gasteiger partial charge in [0.2, 0.25) is 0 Å². The molecule has 0 saturated carbocycles. The van der Waals surface area contributed by atoms with Crippen LogP contribution in [0.25, 0.3) is 0 Å². The SMILES string of the molecule is CC(C)(C)[Si](C)(C)OCCc1ccc(Cl)c(Cl)c1. The lowest BCUT2D eigenvalue weighted by Crippen LogP contribution is -2.41. The minimum absolute atomic E-state index is 0.255. The van der Waals surface area contributed by atoms with E-state index in [2.05, 4.69) is 33.9 Å². The lowest BCUT2D eigenvalue weighted by atomic mass is 10.2. The Labute approximate surface area is 122 Å². The van der Waals surface area contributed by atoms with Crippen LogP contribution in [-0.4, -0.2) is 14.9 Å². The van der Waals surface area contributed by atoms with Crippen LogP contribution >= 0.6 is 23.2 Å². The molecule has 0 heterocycles. The number of benzene rings is 1. The molecule has 0 bridgehead atoms. The Hall–Kier alpha value is -0.0231. The maximum atomic E-state index is 6.13. The fourth-order valence-electron chi connectivity index (χ4n) is 1.34. The molecule has 0 N–H and O–H groups in total. The van der Waals surface area contributed by atoms with Gasteiger partial charge in [-0.1, -0.05) is 50.0 Å². The number of hydrogen-bond donors (Lipinski definition) is 0. The minimum atomic E-state index is -1.64. The van der Waals surface area contributed by atoms with E-state index in [0.29, 0.717) is 10.0 Å². The van der Waals surface area contributed by atoms with Gasteiger partial charge >= 0.3 is 0 Å². The Kier molecular flexibility index (Phi) is 5.30. The van der Waals surface area contributed by atoms with E-state index in [9.17, 15) is 0 Å². The van der Waals surface area contributed by atoms with Crippen LogP contribution in [0, 0.1) is 0 Å². The number of rotatable bonds is 4. The van der Waals surface area contributed by atoms with E-state index in [1.54, 1.807) is 0 Å². The normalized spacial score (nSPS) is 12.8. The van der Waals surface area contributed by atoms with E-state index in [1.807, 2.05) is 18.2 Å². The minimum Gasteiger partial charge on any atom is -0.416 e. The van der Waals surface area contributed by atoms with Gasteiger partial charge in [-0.2, -0.15) is 0 Å². The Balaban J connectivity index is 2.54. The highest BCUT2D eigenvalue weighted by molar-refractivity contribution is 6.74. The van der Waals surface area contributed by atoms with Gasteiger partial charge in [0.1, 0.15) is 0 Å². The van der Waals surface area contributed by atoms with E-state index in [4.69, 9.17) is 27.6 Å². The van der Waals surface area contributed by atoms with Crippen LogP contribution in [0.3, 0.4) is 0 Å². The zero-order chi connectivity index (χ0) is 14.0. The molecule has 0 atom stereocenters. The average molecular weight is 305 g/mol. The quantitative estimate of drug-likeness (QED) is 0.662. The summed E-state index contributed by atoms with van der Waals surface area (Å²) in [6.07, 6.45) is 0.878. The fraction of sp³-hybridized carbons (Fsp3) is 0.571. The molecule has 1 aromatic rings. The molecule has 1 nitrogen and oxygen atoms in total. The summed E-state index contributed by atoms with van der Waals surface area (Å²) in [6, 6.07) is 5.76. The van der Waals surface area contributed by atoms with Crippen molar-refractivity contribution in [3.05, 3.63) is 33.8 Å². The van der Waals surface area contributed by atoms with Crippen molar-refractivity contribution in [1.29, 1.82) is 0 Å². The van der Waals surface area contributed by atoms with Crippen molar-refractivity contribution in [2.45, 2.75) is 45.3 Å². The van der Waals surface area contributed by atoms with Gasteiger partial charge in [-0.15, -0.1) is 0 Å². The van der Waals surface area contributed by atoms with E-state index in [0.717, 1.165) is 13.0 Å². The van der Waals surface area contributed by atoms with Crippen molar-refractivity contribution in [2.75, 3.05) is 6.61 Å². The summed E-state index contributed by atoms with van der Waals surface area (Å²) in [4.78, 5) is 0. The molecule has 0 aliphatic heterocycles. The van der Waals surface area contributed by atoms with Crippen LogP contribution in [0.2, 0.25) is 28.2 Å². The third-order valence-corrected chi connectivity index (χ3v) is 8.92. The summed E-state index contributed by atoms with van der Waals surface area (Å²) in [5, 5.41) is 1.47. The maximum Gasteiger partial charge on any atom is 0.191 e. The first kappa shape index (κ1) is 16.0. The molecule has 0 unspecified atom stereocenters. The van der Waals surface area contributed by atoms with Gasteiger partial charge in [-0.25, -0.2) is 0 Å². The monoisotopic (exact) mass is 304 g/mol. The van der Waals surface area contributed by atoms with Crippen molar-refractivity contribution in [3.63, 3.8) is 0 Å². The van der Waals surface area contributed by atoms with Gasteiger partial charge in [0.15, 0.2) is 8.32 Å². The third kappa shape index (κ3) is 4.27. The summed E-state index contributed by atoms with van der Waals surface area (Å²) in [7, 11) is -1.64. The van der Waals surface area contributed by atoms with Crippen LogP contribution in [0.5, 0.6) is 0 Å². The largest absolute Gasteiger partial charge is 0.416 e. The van der Waals surface area contributed by atoms with E-state index in [-0.39, 0.29) is 5.04 Å². The Morgan fingerprint density at radius 1 is 1.11 bits per heavy atom. The number of halogens is 2. The topological polar surface area (TPSA) is 9.23 Å². The number of hydrogen-bond acceptors (Lipinski definition) is 1. The van der Waals surface area contributed by atoms with Gasteiger partial charge < -0.3 is 4.43 Å². The van der Waals surface area contributed by atoms with Gasteiger partial charge in [-0.3, -0.25) is 0 Å². The fourth-order valence-corrected chi connectivity index (χ4v) is 2.70. The molecule has 0 spiro atoms. The molecule has 0 aliphatic carbocycles. The standard InChI is InChI=1S/C14H22Cl2OSi/c1-14(2,3)18(4,5)17-9-8-11-6-7-12(15)13(16)10-11/h6-7,10H,8-9H2,1-5H3. The van der Waals surface area contributed by atoms with E-state index >= 15 is 0 Å². The summed E-state index contributed by atoms with van der Waals surface area (Å²) >= 11 is 11.9. The molecule has 0 aromatic heterocycles. The lowest BCUT2D eigenvalue weighted by molar-refractivity contribution is 0.292. The van der Waals surface area contributed by atoms with Crippen molar-refractivity contribution in [1.82, 2.24) is 0 Å². The molecule has 0 aliphatic rings. The molecule has 4 heteroatoms. The first-order valence-corrected chi connectivity index (χ1v) is 9.88. The second-order valence-corrected chi connectivity index (χ2v) is 11.7. The van der Waals surface area contributed by atoms with Crippen molar-refractivity contribution in [3.8, 4) is 0 Å². The third-order valence-electron chi connectivity index (χ3n) is 3.64. The van der Waals surface area contributed by atoms with Crippen LogP contribution in [-0.2, 0) is 10.8 Å². The first-order chi connectivity index (χ1) is 8.13. The van der Waals surface area contributed by atoms with Crippen molar-refractivity contribution >= 4 is 31.5 Å². The summed E-state index contributed by atoms with van der Waals surface area (Å²) < 4.78 is 6.13. The highest BCUT2D eigenvalue weighted by Gasteiger charge is 2.36. The highest BCUT2D eigenvalue weighted by atomic mass is 35.5. The van der Waals surface area contributed by atoms with E-state index in [1.165, 1.54) is 5.56 Å². The molecule has 0 saturated heterocycles. The Morgan fingerprint density at radius 3 is 2.22 bits per heavy atom. The molecule has 102 valence electrons. The summed E-state index contributed by atoms with van der Waals surface area (Å²) in [6.45, 7) is 12.0. The molecule has 0 radical (unpaired) electrons. The zero-order valence-electron chi connectivity index (χ0n) is 11.8. The first-order valence-electron chi connectivity index (χ1n) is 6.21. The van der Waals surface area contributed by atoms with Crippen LogP contribution in [0.1, 0.15) is 26.3 Å². The maximum absolute atomic E-state index is 6.13.